The lowest BCUT2D eigenvalue weighted by Gasteiger charge is -2.38. The Hall–Kier alpha value is -0.960. The molecule has 0 heterocycles. The van der Waals surface area contributed by atoms with Crippen molar-refractivity contribution in [2.75, 3.05) is 18.6 Å². The molecule has 0 amide bonds. The number of hydrogen-bond acceptors (Lipinski definition) is 2. The molecule has 0 bridgehead atoms. The maximum atomic E-state index is 14.9. The molecule has 4 atom stereocenters. The van der Waals surface area contributed by atoms with E-state index in [-0.39, 0.29) is 11.2 Å². The number of ether oxygens (including phenoxy) is 1. The van der Waals surface area contributed by atoms with Crippen LogP contribution in [0.3, 0.4) is 0 Å². The second kappa shape index (κ2) is 9.45. The third-order valence-electron chi connectivity index (χ3n) is 7.12. The Bertz CT molecular complexity index is 674. The van der Waals surface area contributed by atoms with Crippen LogP contribution >= 0.6 is 11.6 Å². The number of benzene rings is 1. The van der Waals surface area contributed by atoms with Crippen LogP contribution in [0.15, 0.2) is 12.1 Å². The zero-order valence-electron chi connectivity index (χ0n) is 18.9. The second-order valence-corrected chi connectivity index (χ2v) is 11.0. The van der Waals surface area contributed by atoms with Crippen LogP contribution in [0.25, 0.3) is 0 Å². The van der Waals surface area contributed by atoms with Crippen molar-refractivity contribution in [1.29, 1.82) is 0 Å². The summed E-state index contributed by atoms with van der Waals surface area (Å²) in [6.07, 6.45) is 9.53. The Morgan fingerprint density at radius 3 is 2.24 bits per heavy atom. The normalized spacial score (nSPS) is 31.3. The van der Waals surface area contributed by atoms with Crippen LogP contribution in [-0.2, 0) is 0 Å². The highest BCUT2D eigenvalue weighted by atomic mass is 35.5. The number of anilines is 1. The molecule has 0 radical (unpaired) electrons. The van der Waals surface area contributed by atoms with Gasteiger partial charge in [-0.3, -0.25) is 0 Å². The summed E-state index contributed by atoms with van der Waals surface area (Å²) in [5, 5.41) is 0.510. The molecule has 29 heavy (non-hydrogen) atoms. The van der Waals surface area contributed by atoms with Gasteiger partial charge in [-0.1, -0.05) is 52.1 Å². The standard InChI is InChI=1S/C25H39ClFNO/c1-17-10-18(2)14-25(4,15-19(3)11-17)16-29-24-13-22(27)23(12-21(24)26)28(5)20-8-6-7-9-20/h12-13,17-20H,6-11,14-16H2,1-5H3/t17?,18-,19+,25?. The van der Waals surface area contributed by atoms with Crippen molar-refractivity contribution in [3.8, 4) is 5.75 Å². The summed E-state index contributed by atoms with van der Waals surface area (Å²) < 4.78 is 21.1. The van der Waals surface area contributed by atoms with Crippen molar-refractivity contribution in [2.45, 2.75) is 85.1 Å². The molecule has 1 aromatic rings. The first-order valence-electron chi connectivity index (χ1n) is 11.5. The van der Waals surface area contributed by atoms with E-state index in [1.54, 1.807) is 6.07 Å². The van der Waals surface area contributed by atoms with Crippen LogP contribution in [0.2, 0.25) is 5.02 Å². The average molecular weight is 424 g/mol. The largest absolute Gasteiger partial charge is 0.491 e. The van der Waals surface area contributed by atoms with Gasteiger partial charge in [-0.25, -0.2) is 4.39 Å². The van der Waals surface area contributed by atoms with Gasteiger partial charge in [-0.05, 0) is 62.3 Å². The van der Waals surface area contributed by atoms with Crippen LogP contribution in [0, 0.1) is 29.0 Å². The number of hydrogen-bond donors (Lipinski definition) is 0. The smallest absolute Gasteiger partial charge is 0.150 e. The molecule has 3 rings (SSSR count). The molecule has 2 aliphatic carbocycles. The van der Waals surface area contributed by atoms with Gasteiger partial charge in [0.2, 0.25) is 0 Å². The molecule has 4 heteroatoms. The highest BCUT2D eigenvalue weighted by Gasteiger charge is 2.33. The fourth-order valence-electron chi connectivity index (χ4n) is 6.16. The molecule has 1 aromatic carbocycles. The van der Waals surface area contributed by atoms with Gasteiger partial charge >= 0.3 is 0 Å². The van der Waals surface area contributed by atoms with Gasteiger partial charge in [0, 0.05) is 24.6 Å². The van der Waals surface area contributed by atoms with E-state index >= 15 is 0 Å². The molecule has 2 nitrogen and oxygen atoms in total. The maximum Gasteiger partial charge on any atom is 0.150 e. The highest BCUT2D eigenvalue weighted by molar-refractivity contribution is 6.32. The van der Waals surface area contributed by atoms with E-state index in [1.807, 2.05) is 7.05 Å². The van der Waals surface area contributed by atoms with Crippen LogP contribution in [0.1, 0.15) is 79.1 Å². The minimum absolute atomic E-state index is 0.0953. The zero-order valence-corrected chi connectivity index (χ0v) is 19.7. The first-order valence-corrected chi connectivity index (χ1v) is 11.9. The van der Waals surface area contributed by atoms with Gasteiger partial charge in [0.25, 0.3) is 0 Å². The van der Waals surface area contributed by atoms with Crippen molar-refractivity contribution in [1.82, 2.24) is 0 Å². The quantitative estimate of drug-likeness (QED) is 0.480. The summed E-state index contributed by atoms with van der Waals surface area (Å²) in [6.45, 7) is 9.99. The van der Waals surface area contributed by atoms with E-state index in [0.29, 0.717) is 40.9 Å². The van der Waals surface area contributed by atoms with E-state index in [0.717, 1.165) is 31.6 Å². The van der Waals surface area contributed by atoms with Gasteiger partial charge in [0.15, 0.2) is 0 Å². The molecule has 2 unspecified atom stereocenters. The van der Waals surface area contributed by atoms with E-state index < -0.39 is 0 Å². The molecule has 0 spiro atoms. The summed E-state index contributed by atoms with van der Waals surface area (Å²) in [5.74, 6) is 2.39. The molecule has 0 aliphatic heterocycles. The van der Waals surface area contributed by atoms with Crippen LogP contribution in [-0.4, -0.2) is 19.7 Å². The summed E-state index contributed by atoms with van der Waals surface area (Å²) in [7, 11) is 1.98. The lowest BCUT2D eigenvalue weighted by molar-refractivity contribution is 0.0795. The van der Waals surface area contributed by atoms with Gasteiger partial charge < -0.3 is 9.64 Å². The summed E-state index contributed by atoms with van der Waals surface area (Å²) in [5.41, 5.74) is 0.681. The molecule has 0 N–H and O–H groups in total. The highest BCUT2D eigenvalue weighted by Crippen LogP contribution is 2.42. The Morgan fingerprint density at radius 1 is 1.07 bits per heavy atom. The Morgan fingerprint density at radius 2 is 1.66 bits per heavy atom. The Labute approximate surface area is 182 Å². The Balaban J connectivity index is 1.70. The van der Waals surface area contributed by atoms with Crippen molar-refractivity contribution in [2.24, 2.45) is 23.2 Å². The van der Waals surface area contributed by atoms with Crippen LogP contribution in [0.5, 0.6) is 5.75 Å². The number of halogens is 2. The predicted octanol–water partition coefficient (Wildman–Crippen LogP) is 7.73. The number of nitrogens with zero attached hydrogens (tertiary/aromatic N) is 1. The minimum atomic E-state index is -0.239. The summed E-state index contributed by atoms with van der Waals surface area (Å²) in [4.78, 5) is 2.05. The maximum absolute atomic E-state index is 14.9. The number of rotatable bonds is 5. The van der Waals surface area contributed by atoms with Crippen LogP contribution < -0.4 is 9.64 Å². The molecule has 0 aromatic heterocycles. The lowest BCUT2D eigenvalue weighted by atomic mass is 9.69. The second-order valence-electron chi connectivity index (χ2n) is 10.6. The zero-order chi connectivity index (χ0) is 21.2. The minimum Gasteiger partial charge on any atom is -0.491 e. The van der Waals surface area contributed by atoms with Gasteiger partial charge in [-0.15, -0.1) is 0 Å². The van der Waals surface area contributed by atoms with E-state index in [2.05, 4.69) is 32.6 Å². The molecular weight excluding hydrogens is 385 g/mol. The van der Waals surface area contributed by atoms with Crippen molar-refractivity contribution in [3.05, 3.63) is 23.0 Å². The molecular formula is C25H39ClFNO. The fourth-order valence-corrected chi connectivity index (χ4v) is 6.37. The predicted molar refractivity (Wildman–Crippen MR) is 122 cm³/mol. The van der Waals surface area contributed by atoms with Crippen LogP contribution in [0.4, 0.5) is 10.1 Å². The first kappa shape index (κ1) is 22.7. The summed E-state index contributed by atoms with van der Waals surface area (Å²) in [6, 6.07) is 3.65. The van der Waals surface area contributed by atoms with E-state index in [9.17, 15) is 4.39 Å². The van der Waals surface area contributed by atoms with Crippen molar-refractivity contribution >= 4 is 17.3 Å². The lowest BCUT2D eigenvalue weighted by Crippen LogP contribution is -2.32. The molecule has 0 saturated heterocycles. The third-order valence-corrected chi connectivity index (χ3v) is 7.42. The van der Waals surface area contributed by atoms with E-state index in [1.165, 1.54) is 31.7 Å². The molecule has 2 fully saturated rings. The molecule has 2 aliphatic rings. The average Bonchev–Trinajstić information content (AvgIpc) is 3.14. The SMILES string of the molecule is CC1C[C@@H](C)CC(C)(COc2cc(F)c(N(C)C3CCCC3)cc2Cl)C[C@@H](C)C1. The van der Waals surface area contributed by atoms with Crippen molar-refractivity contribution < 1.29 is 9.13 Å². The van der Waals surface area contributed by atoms with E-state index in [4.69, 9.17) is 16.3 Å². The Kier molecular flexibility index (Phi) is 7.41. The third kappa shape index (κ3) is 5.81. The molecule has 2 saturated carbocycles. The molecule has 164 valence electrons. The van der Waals surface area contributed by atoms with Crippen molar-refractivity contribution in [3.63, 3.8) is 0 Å². The monoisotopic (exact) mass is 423 g/mol. The van der Waals surface area contributed by atoms with Gasteiger partial charge in [-0.2, -0.15) is 0 Å². The first-order chi connectivity index (χ1) is 13.7. The summed E-state index contributed by atoms with van der Waals surface area (Å²) >= 11 is 6.53. The van der Waals surface area contributed by atoms with Gasteiger partial charge in [0.1, 0.15) is 11.6 Å². The van der Waals surface area contributed by atoms with Gasteiger partial charge in [0.05, 0.1) is 17.3 Å². The fraction of sp³-hybridized carbons (Fsp3) is 0.760. The topological polar surface area (TPSA) is 12.5 Å².